The Kier molecular flexibility index (Phi) is 5.74. The van der Waals surface area contributed by atoms with Gasteiger partial charge in [-0.25, -0.2) is 0 Å². The molecular formula is C12H16BrNO5. The van der Waals surface area contributed by atoms with Crippen molar-refractivity contribution in [2.24, 2.45) is 0 Å². The molecule has 19 heavy (non-hydrogen) atoms. The van der Waals surface area contributed by atoms with E-state index in [2.05, 4.69) is 21.2 Å². The van der Waals surface area contributed by atoms with Crippen molar-refractivity contribution < 1.29 is 24.9 Å². The molecule has 0 aliphatic carbocycles. The van der Waals surface area contributed by atoms with Crippen LogP contribution in [-0.2, 0) is 0 Å². The fourth-order valence-corrected chi connectivity index (χ4v) is 1.93. The summed E-state index contributed by atoms with van der Waals surface area (Å²) in [6.45, 7) is -1.70. The molecule has 0 atom stereocenters. The minimum absolute atomic E-state index is 0.312. The summed E-state index contributed by atoms with van der Waals surface area (Å²) in [6.07, 6.45) is 0. The smallest absolute Gasteiger partial charge is 0.251 e. The lowest BCUT2D eigenvalue weighted by Gasteiger charge is -2.28. The maximum Gasteiger partial charge on any atom is 0.251 e. The van der Waals surface area contributed by atoms with E-state index in [1.54, 1.807) is 12.1 Å². The second-order valence-electron chi connectivity index (χ2n) is 4.06. The summed E-state index contributed by atoms with van der Waals surface area (Å²) in [5.74, 6) is 0.0646. The van der Waals surface area contributed by atoms with Crippen LogP contribution >= 0.6 is 15.9 Å². The maximum atomic E-state index is 12.0. The molecule has 1 amide bonds. The molecule has 0 bridgehead atoms. The number of halogens is 1. The van der Waals surface area contributed by atoms with Crippen LogP contribution in [-0.4, -0.2) is 53.7 Å². The SMILES string of the molecule is COc1ccc(C(=O)NC(CO)(CO)CO)cc1Br. The highest BCUT2D eigenvalue weighted by Crippen LogP contribution is 2.25. The van der Waals surface area contributed by atoms with E-state index in [1.165, 1.54) is 13.2 Å². The second-order valence-corrected chi connectivity index (χ2v) is 4.91. The third-order valence-electron chi connectivity index (χ3n) is 2.70. The van der Waals surface area contributed by atoms with E-state index >= 15 is 0 Å². The third kappa shape index (κ3) is 3.66. The quantitative estimate of drug-likeness (QED) is 0.583. The van der Waals surface area contributed by atoms with Gasteiger partial charge in [0.1, 0.15) is 11.3 Å². The van der Waals surface area contributed by atoms with Gasteiger partial charge in [-0.2, -0.15) is 0 Å². The molecule has 0 aliphatic heterocycles. The molecular weight excluding hydrogens is 318 g/mol. The molecule has 106 valence electrons. The molecule has 0 spiro atoms. The average Bonchev–Trinajstić information content (AvgIpc) is 2.44. The molecule has 0 heterocycles. The number of nitrogens with one attached hydrogen (secondary N) is 1. The number of hydrogen-bond donors (Lipinski definition) is 4. The molecule has 4 N–H and O–H groups in total. The first-order valence-electron chi connectivity index (χ1n) is 5.50. The molecule has 0 aromatic heterocycles. The number of aliphatic hydroxyl groups is 3. The number of rotatable bonds is 6. The van der Waals surface area contributed by atoms with E-state index in [0.29, 0.717) is 15.8 Å². The van der Waals surface area contributed by atoms with Crippen LogP contribution in [0.4, 0.5) is 0 Å². The number of methoxy groups -OCH3 is 1. The predicted molar refractivity (Wildman–Crippen MR) is 72.1 cm³/mol. The largest absolute Gasteiger partial charge is 0.496 e. The predicted octanol–water partition coefficient (Wildman–Crippen LogP) is -0.0968. The average molecular weight is 334 g/mol. The number of carbonyl (C=O) groups is 1. The Bertz CT molecular complexity index is 439. The summed E-state index contributed by atoms with van der Waals surface area (Å²) in [5.41, 5.74) is -1.13. The molecule has 6 nitrogen and oxygen atoms in total. The summed E-state index contributed by atoms with van der Waals surface area (Å²) >= 11 is 3.25. The van der Waals surface area contributed by atoms with Gasteiger partial charge in [-0.3, -0.25) is 4.79 Å². The first kappa shape index (κ1) is 15.9. The van der Waals surface area contributed by atoms with E-state index in [0.717, 1.165) is 0 Å². The van der Waals surface area contributed by atoms with Gasteiger partial charge in [0, 0.05) is 5.56 Å². The Labute approximate surface area is 119 Å². The van der Waals surface area contributed by atoms with Gasteiger partial charge in [0.05, 0.1) is 31.4 Å². The number of amides is 1. The van der Waals surface area contributed by atoms with Crippen LogP contribution in [0, 0.1) is 0 Å². The second kappa shape index (κ2) is 6.85. The highest BCUT2D eigenvalue weighted by atomic mass is 79.9. The van der Waals surface area contributed by atoms with Crippen molar-refractivity contribution in [3.63, 3.8) is 0 Å². The fourth-order valence-electron chi connectivity index (χ4n) is 1.39. The van der Waals surface area contributed by atoms with Crippen molar-refractivity contribution in [2.75, 3.05) is 26.9 Å². The van der Waals surface area contributed by atoms with Crippen molar-refractivity contribution in [1.29, 1.82) is 0 Å². The molecule has 0 saturated carbocycles. The van der Waals surface area contributed by atoms with Crippen molar-refractivity contribution in [1.82, 2.24) is 5.32 Å². The van der Waals surface area contributed by atoms with Crippen LogP contribution in [0.25, 0.3) is 0 Å². The summed E-state index contributed by atoms with van der Waals surface area (Å²) in [6, 6.07) is 4.69. The van der Waals surface area contributed by atoms with Gasteiger partial charge in [0.15, 0.2) is 0 Å². The normalized spacial score (nSPS) is 11.2. The topological polar surface area (TPSA) is 99.0 Å². The van der Waals surface area contributed by atoms with Crippen LogP contribution in [0.2, 0.25) is 0 Å². The van der Waals surface area contributed by atoms with Gasteiger partial charge in [0.25, 0.3) is 5.91 Å². The highest BCUT2D eigenvalue weighted by Gasteiger charge is 2.30. The first-order valence-corrected chi connectivity index (χ1v) is 6.30. The van der Waals surface area contributed by atoms with E-state index < -0.39 is 31.3 Å². The number of carbonyl (C=O) groups excluding carboxylic acids is 1. The summed E-state index contributed by atoms with van der Waals surface area (Å²) < 4.78 is 5.65. The molecule has 1 aromatic rings. The Morgan fingerprint density at radius 3 is 2.32 bits per heavy atom. The van der Waals surface area contributed by atoms with Crippen LogP contribution in [0.3, 0.4) is 0 Å². The standard InChI is InChI=1S/C12H16BrNO5/c1-19-10-3-2-8(4-9(10)13)11(18)14-12(5-15,6-16)7-17/h2-4,15-17H,5-7H2,1H3,(H,14,18). The number of ether oxygens (including phenoxy) is 1. The molecule has 1 rings (SSSR count). The van der Waals surface area contributed by atoms with Gasteiger partial charge in [-0.15, -0.1) is 0 Å². The van der Waals surface area contributed by atoms with Crippen LogP contribution in [0.1, 0.15) is 10.4 Å². The molecule has 0 radical (unpaired) electrons. The summed E-state index contributed by atoms with van der Waals surface area (Å²) in [5, 5.41) is 29.8. The highest BCUT2D eigenvalue weighted by molar-refractivity contribution is 9.10. The zero-order valence-corrected chi connectivity index (χ0v) is 12.0. The minimum atomic E-state index is -1.44. The third-order valence-corrected chi connectivity index (χ3v) is 3.32. The molecule has 1 aromatic carbocycles. The number of aliphatic hydroxyl groups excluding tert-OH is 3. The Balaban J connectivity index is 2.92. The minimum Gasteiger partial charge on any atom is -0.496 e. The fraction of sp³-hybridized carbons (Fsp3) is 0.417. The Hall–Kier alpha value is -1.15. The summed E-state index contributed by atoms with van der Waals surface area (Å²) in [7, 11) is 1.51. The molecule has 7 heteroatoms. The van der Waals surface area contributed by atoms with Crippen molar-refractivity contribution in [2.45, 2.75) is 5.54 Å². The van der Waals surface area contributed by atoms with Crippen molar-refractivity contribution in [3.05, 3.63) is 28.2 Å². The maximum absolute atomic E-state index is 12.0. The number of hydrogen-bond acceptors (Lipinski definition) is 5. The zero-order chi connectivity index (χ0) is 14.5. The number of benzene rings is 1. The molecule has 0 unspecified atom stereocenters. The lowest BCUT2D eigenvalue weighted by molar-refractivity contribution is 0.0375. The molecule has 0 aliphatic rings. The van der Waals surface area contributed by atoms with Crippen LogP contribution < -0.4 is 10.1 Å². The lowest BCUT2D eigenvalue weighted by atomic mass is 10.0. The Morgan fingerprint density at radius 2 is 1.89 bits per heavy atom. The monoisotopic (exact) mass is 333 g/mol. The van der Waals surface area contributed by atoms with Crippen molar-refractivity contribution in [3.8, 4) is 5.75 Å². The van der Waals surface area contributed by atoms with Crippen LogP contribution in [0.15, 0.2) is 22.7 Å². The van der Waals surface area contributed by atoms with E-state index in [1.807, 2.05) is 0 Å². The molecule has 0 fully saturated rings. The van der Waals surface area contributed by atoms with Gasteiger partial charge in [-0.1, -0.05) is 0 Å². The van der Waals surface area contributed by atoms with Gasteiger partial charge in [0.2, 0.25) is 0 Å². The zero-order valence-electron chi connectivity index (χ0n) is 10.4. The lowest BCUT2D eigenvalue weighted by Crippen LogP contribution is -2.57. The van der Waals surface area contributed by atoms with Crippen molar-refractivity contribution >= 4 is 21.8 Å². The van der Waals surface area contributed by atoms with Gasteiger partial charge in [-0.05, 0) is 34.1 Å². The summed E-state index contributed by atoms with van der Waals surface area (Å²) in [4.78, 5) is 12.0. The Morgan fingerprint density at radius 1 is 1.32 bits per heavy atom. The van der Waals surface area contributed by atoms with E-state index in [-0.39, 0.29) is 0 Å². The van der Waals surface area contributed by atoms with Gasteiger partial charge >= 0.3 is 0 Å². The van der Waals surface area contributed by atoms with E-state index in [9.17, 15) is 4.79 Å². The molecule has 0 saturated heterocycles. The van der Waals surface area contributed by atoms with Gasteiger partial charge < -0.3 is 25.4 Å². The van der Waals surface area contributed by atoms with E-state index in [4.69, 9.17) is 20.1 Å². The first-order chi connectivity index (χ1) is 9.01. The van der Waals surface area contributed by atoms with Crippen LogP contribution in [0.5, 0.6) is 5.75 Å².